The third kappa shape index (κ3) is 1.66. The van der Waals surface area contributed by atoms with E-state index in [4.69, 9.17) is 0 Å². The Hall–Kier alpha value is -1.20. The second kappa shape index (κ2) is 3.99. The van der Waals surface area contributed by atoms with Crippen molar-refractivity contribution in [2.45, 2.75) is 19.8 Å². The topological polar surface area (TPSA) is 52.0 Å². The fourth-order valence-electron chi connectivity index (χ4n) is 2.48. The Balaban J connectivity index is 1.87. The molecule has 1 fully saturated rings. The zero-order valence-electron chi connectivity index (χ0n) is 9.53. The highest BCUT2D eigenvalue weighted by atomic mass is 15.6. The summed E-state index contributed by atoms with van der Waals surface area (Å²) in [7, 11) is 0. The number of hydrogen-bond acceptors (Lipinski definition) is 5. The summed E-state index contributed by atoms with van der Waals surface area (Å²) in [6.45, 7) is 4.88. The fraction of sp³-hybridized carbons (Fsp3) is 0.636. The van der Waals surface area contributed by atoms with Gasteiger partial charge in [0.25, 0.3) is 0 Å². The lowest BCUT2D eigenvalue weighted by Crippen LogP contribution is -2.44. The van der Waals surface area contributed by atoms with Crippen LogP contribution in [-0.4, -0.2) is 36.4 Å². The Bertz CT molecular complexity index is 376. The first-order valence-corrected chi connectivity index (χ1v) is 5.90. The van der Waals surface area contributed by atoms with E-state index in [1.807, 2.05) is 11.9 Å². The lowest BCUT2D eigenvalue weighted by Gasteiger charge is -2.32. The van der Waals surface area contributed by atoms with Crippen LogP contribution in [0, 0.1) is 5.92 Å². The molecule has 0 spiro atoms. The van der Waals surface area contributed by atoms with Crippen LogP contribution in [0.4, 0.5) is 0 Å². The summed E-state index contributed by atoms with van der Waals surface area (Å²) in [6.07, 6.45) is 4.67. The zero-order valence-corrected chi connectivity index (χ0v) is 9.53. The van der Waals surface area contributed by atoms with Crippen LogP contribution in [0.15, 0.2) is 21.8 Å². The molecule has 1 saturated heterocycles. The minimum atomic E-state index is 0.579. The number of allylic oxidation sites excluding steroid dienone is 1. The van der Waals surface area contributed by atoms with Gasteiger partial charge in [-0.25, -0.2) is 20.4 Å². The summed E-state index contributed by atoms with van der Waals surface area (Å²) < 4.78 is 0. The quantitative estimate of drug-likeness (QED) is 0.674. The summed E-state index contributed by atoms with van der Waals surface area (Å²) >= 11 is 0. The molecule has 3 aliphatic heterocycles. The van der Waals surface area contributed by atoms with Crippen molar-refractivity contribution < 1.29 is 0 Å². The number of nitrogens with one attached hydrogen (secondary N) is 2. The van der Waals surface area contributed by atoms with E-state index in [2.05, 4.69) is 26.8 Å². The number of fused-ring (bicyclic) bond motifs is 1. The standard InChI is InChI=1S/C11H17N5/c1-8-5-10(9-3-2-4-12-6-9)16-11(15-8)13-7-14-16/h5,9,12,14H,2-4,6-7H2,1H3. The number of hydrogen-bond donors (Lipinski definition) is 2. The lowest BCUT2D eigenvalue weighted by atomic mass is 9.94. The molecule has 2 N–H and O–H groups in total. The molecular formula is C11H17N5. The van der Waals surface area contributed by atoms with Gasteiger partial charge in [0, 0.05) is 23.9 Å². The van der Waals surface area contributed by atoms with Crippen molar-refractivity contribution in [1.29, 1.82) is 0 Å². The molecule has 86 valence electrons. The minimum Gasteiger partial charge on any atom is -0.316 e. The van der Waals surface area contributed by atoms with E-state index in [-0.39, 0.29) is 0 Å². The smallest absolute Gasteiger partial charge is 0.241 e. The Morgan fingerprint density at radius 1 is 1.50 bits per heavy atom. The van der Waals surface area contributed by atoms with Gasteiger partial charge in [0.05, 0.1) is 0 Å². The van der Waals surface area contributed by atoms with Gasteiger partial charge >= 0.3 is 0 Å². The number of piperidine rings is 1. The predicted molar refractivity (Wildman–Crippen MR) is 64.1 cm³/mol. The average molecular weight is 219 g/mol. The molecule has 5 heteroatoms. The largest absolute Gasteiger partial charge is 0.316 e. The molecule has 0 bridgehead atoms. The van der Waals surface area contributed by atoms with Crippen LogP contribution in [-0.2, 0) is 0 Å². The van der Waals surface area contributed by atoms with Crippen LogP contribution in [0.25, 0.3) is 0 Å². The molecular weight excluding hydrogens is 202 g/mol. The number of guanidine groups is 1. The first-order chi connectivity index (χ1) is 7.84. The second-order valence-electron chi connectivity index (χ2n) is 4.48. The van der Waals surface area contributed by atoms with Gasteiger partial charge in [-0.3, -0.25) is 0 Å². The van der Waals surface area contributed by atoms with Crippen molar-refractivity contribution in [1.82, 2.24) is 15.8 Å². The van der Waals surface area contributed by atoms with Crippen molar-refractivity contribution in [2.75, 3.05) is 19.8 Å². The van der Waals surface area contributed by atoms with E-state index in [1.54, 1.807) is 0 Å². The molecule has 3 aliphatic rings. The first kappa shape index (κ1) is 9.99. The Kier molecular flexibility index (Phi) is 2.49. The molecule has 1 unspecified atom stereocenters. The van der Waals surface area contributed by atoms with Gasteiger partial charge in [-0.2, -0.15) is 0 Å². The van der Waals surface area contributed by atoms with Crippen LogP contribution in [0.1, 0.15) is 19.8 Å². The maximum atomic E-state index is 4.42. The van der Waals surface area contributed by atoms with Crippen LogP contribution in [0.5, 0.6) is 0 Å². The highest BCUT2D eigenvalue weighted by Gasteiger charge is 2.29. The summed E-state index contributed by atoms with van der Waals surface area (Å²) in [6, 6.07) is 0. The highest BCUT2D eigenvalue weighted by Crippen LogP contribution is 2.25. The van der Waals surface area contributed by atoms with Crippen LogP contribution < -0.4 is 10.7 Å². The van der Waals surface area contributed by atoms with Gasteiger partial charge in [0.15, 0.2) is 0 Å². The van der Waals surface area contributed by atoms with Gasteiger partial charge in [-0.1, -0.05) is 0 Å². The van der Waals surface area contributed by atoms with E-state index in [9.17, 15) is 0 Å². The number of hydrazine groups is 1. The Morgan fingerprint density at radius 2 is 2.44 bits per heavy atom. The van der Waals surface area contributed by atoms with Gasteiger partial charge in [-0.05, 0) is 32.4 Å². The molecule has 0 aromatic carbocycles. The second-order valence-corrected chi connectivity index (χ2v) is 4.48. The minimum absolute atomic E-state index is 0.579. The van der Waals surface area contributed by atoms with E-state index in [0.29, 0.717) is 12.6 Å². The Morgan fingerprint density at radius 3 is 3.25 bits per heavy atom. The number of aliphatic imine (C=N–C) groups is 2. The third-order valence-corrected chi connectivity index (χ3v) is 3.26. The molecule has 0 aromatic heterocycles. The molecule has 0 aliphatic carbocycles. The number of nitrogens with zero attached hydrogens (tertiary/aromatic N) is 3. The fourth-order valence-corrected chi connectivity index (χ4v) is 2.48. The average Bonchev–Trinajstić information content (AvgIpc) is 2.77. The molecule has 3 heterocycles. The van der Waals surface area contributed by atoms with Crippen LogP contribution in [0.2, 0.25) is 0 Å². The molecule has 3 rings (SSSR count). The first-order valence-electron chi connectivity index (χ1n) is 5.90. The SMILES string of the molecule is CC1=NC2=NCNN2C(C2CCCNC2)=C1. The van der Waals surface area contributed by atoms with Crippen molar-refractivity contribution in [2.24, 2.45) is 15.9 Å². The van der Waals surface area contributed by atoms with E-state index >= 15 is 0 Å². The molecule has 0 saturated carbocycles. The van der Waals surface area contributed by atoms with E-state index in [0.717, 1.165) is 24.8 Å². The summed E-state index contributed by atoms with van der Waals surface area (Å²) in [4.78, 5) is 8.76. The predicted octanol–water partition coefficient (Wildman–Crippen LogP) is 0.478. The summed E-state index contributed by atoms with van der Waals surface area (Å²) in [5.41, 5.74) is 5.62. The zero-order chi connectivity index (χ0) is 11.0. The maximum Gasteiger partial charge on any atom is 0.241 e. The monoisotopic (exact) mass is 219 g/mol. The van der Waals surface area contributed by atoms with Crippen molar-refractivity contribution in [3.8, 4) is 0 Å². The van der Waals surface area contributed by atoms with Crippen molar-refractivity contribution >= 4 is 11.7 Å². The van der Waals surface area contributed by atoms with E-state index in [1.165, 1.54) is 18.5 Å². The van der Waals surface area contributed by atoms with Gasteiger partial charge in [0.2, 0.25) is 5.96 Å². The van der Waals surface area contributed by atoms with Crippen LogP contribution in [0.3, 0.4) is 0 Å². The van der Waals surface area contributed by atoms with Crippen molar-refractivity contribution in [3.05, 3.63) is 11.8 Å². The normalized spacial score (nSPS) is 29.4. The maximum absolute atomic E-state index is 4.42. The Labute approximate surface area is 95.3 Å². The summed E-state index contributed by atoms with van der Waals surface area (Å²) in [5, 5.41) is 5.50. The molecule has 16 heavy (non-hydrogen) atoms. The molecule has 5 nitrogen and oxygen atoms in total. The van der Waals surface area contributed by atoms with E-state index < -0.39 is 0 Å². The number of rotatable bonds is 1. The summed E-state index contributed by atoms with van der Waals surface area (Å²) in [5.74, 6) is 1.40. The molecule has 0 aromatic rings. The van der Waals surface area contributed by atoms with Gasteiger partial charge in [0.1, 0.15) is 6.67 Å². The highest BCUT2D eigenvalue weighted by molar-refractivity contribution is 6.05. The van der Waals surface area contributed by atoms with Crippen molar-refractivity contribution in [3.63, 3.8) is 0 Å². The van der Waals surface area contributed by atoms with Gasteiger partial charge < -0.3 is 5.32 Å². The third-order valence-electron chi connectivity index (χ3n) is 3.26. The van der Waals surface area contributed by atoms with Gasteiger partial charge in [-0.15, -0.1) is 0 Å². The molecule has 0 amide bonds. The molecule has 0 radical (unpaired) electrons. The lowest BCUT2D eigenvalue weighted by molar-refractivity contribution is 0.315. The van der Waals surface area contributed by atoms with Crippen LogP contribution >= 0.6 is 0 Å². The molecule has 1 atom stereocenters.